The van der Waals surface area contributed by atoms with Gasteiger partial charge in [0.25, 0.3) is 0 Å². The van der Waals surface area contributed by atoms with Crippen LogP contribution in [-0.2, 0) is 16.6 Å². The van der Waals surface area contributed by atoms with Gasteiger partial charge in [0.15, 0.2) is 0 Å². The molecule has 0 saturated carbocycles. The Labute approximate surface area is 239 Å². The molecule has 0 aliphatic heterocycles. The monoisotopic (exact) mass is 581 g/mol. The van der Waals surface area contributed by atoms with Gasteiger partial charge in [0, 0.05) is 48.4 Å². The molecule has 1 unspecified atom stereocenters. The number of carboxylic acid groups (broad SMARTS) is 1. The van der Waals surface area contributed by atoms with Crippen molar-refractivity contribution in [2.75, 3.05) is 14.2 Å². The summed E-state index contributed by atoms with van der Waals surface area (Å²) in [5.74, 6) is -2.36. The van der Waals surface area contributed by atoms with Crippen molar-refractivity contribution in [1.82, 2.24) is 14.8 Å². The number of aromatic nitrogens is 3. The lowest BCUT2D eigenvalue weighted by Crippen LogP contribution is -2.25. The first-order valence-corrected chi connectivity index (χ1v) is 13.8. The topological polar surface area (TPSA) is 107 Å². The number of methoxy groups -OCH3 is 2. The van der Waals surface area contributed by atoms with Crippen LogP contribution in [0.25, 0.3) is 27.7 Å². The van der Waals surface area contributed by atoms with E-state index < -0.39 is 29.1 Å². The van der Waals surface area contributed by atoms with Crippen molar-refractivity contribution in [2.45, 2.75) is 44.6 Å². The molecule has 2 aromatic carbocycles. The molecule has 1 aliphatic rings. The van der Waals surface area contributed by atoms with E-state index >= 15 is 0 Å². The third-order valence-electron chi connectivity index (χ3n) is 7.45. The van der Waals surface area contributed by atoms with Gasteiger partial charge in [0.05, 0.1) is 18.0 Å². The van der Waals surface area contributed by atoms with E-state index in [4.69, 9.17) is 9.47 Å². The van der Waals surface area contributed by atoms with Gasteiger partial charge >= 0.3 is 5.97 Å². The maximum atomic E-state index is 14.9. The highest BCUT2D eigenvalue weighted by atomic mass is 32.1. The molecule has 5 rings (SSSR count). The molecule has 2 aromatic heterocycles. The lowest BCUT2D eigenvalue weighted by molar-refractivity contribution is 0.0693. The van der Waals surface area contributed by atoms with Gasteiger partial charge in [-0.15, -0.1) is 21.5 Å². The van der Waals surface area contributed by atoms with Gasteiger partial charge in [0.2, 0.25) is 0 Å². The maximum Gasteiger partial charge on any atom is 0.339 e. The first kappa shape index (κ1) is 28.4. The van der Waals surface area contributed by atoms with Crippen molar-refractivity contribution in [3.8, 4) is 22.6 Å². The summed E-state index contributed by atoms with van der Waals surface area (Å²) in [5.41, 5.74) is 3.93. The third kappa shape index (κ3) is 5.22. The predicted molar refractivity (Wildman–Crippen MR) is 153 cm³/mol. The molecule has 1 aliphatic carbocycles. The van der Waals surface area contributed by atoms with Crippen LogP contribution in [0.4, 0.5) is 8.78 Å². The zero-order chi connectivity index (χ0) is 29.5. The summed E-state index contributed by atoms with van der Waals surface area (Å²) in [6, 6.07) is 7.07. The second kappa shape index (κ2) is 11.1. The summed E-state index contributed by atoms with van der Waals surface area (Å²) >= 11 is 1.45. The van der Waals surface area contributed by atoms with E-state index in [0.717, 1.165) is 16.8 Å². The quantitative estimate of drug-likeness (QED) is 0.226. The Bertz CT molecular complexity index is 1690. The van der Waals surface area contributed by atoms with Crippen molar-refractivity contribution in [2.24, 2.45) is 0 Å². The number of allylic oxidation sites excluding steroid dienone is 2. The van der Waals surface area contributed by atoms with E-state index in [2.05, 4.69) is 10.2 Å². The van der Waals surface area contributed by atoms with Crippen molar-refractivity contribution in [3.05, 3.63) is 75.9 Å². The van der Waals surface area contributed by atoms with Crippen LogP contribution >= 0.6 is 11.3 Å². The van der Waals surface area contributed by atoms with Gasteiger partial charge < -0.3 is 24.3 Å². The van der Waals surface area contributed by atoms with E-state index in [-0.39, 0.29) is 23.5 Å². The molecule has 41 heavy (non-hydrogen) atoms. The van der Waals surface area contributed by atoms with Gasteiger partial charge in [-0.3, -0.25) is 0 Å². The fourth-order valence-corrected chi connectivity index (χ4v) is 5.98. The van der Waals surface area contributed by atoms with Crippen LogP contribution in [0.15, 0.2) is 53.8 Å². The SMILES string of the molecule is COc1cc(-c2c(C(C)(C)CCc3nncs3)n(C3=CC=C(F)C(OC)C3)c3cc(F)cc(O)c23)ccc1C(=O)O. The number of hydrogen-bond donors (Lipinski definition) is 2. The Balaban J connectivity index is 1.85. The number of nitrogens with zero attached hydrogens (tertiary/aromatic N) is 3. The summed E-state index contributed by atoms with van der Waals surface area (Å²) < 4.78 is 42.1. The first-order valence-electron chi connectivity index (χ1n) is 12.9. The number of hydrogen-bond acceptors (Lipinski definition) is 7. The molecule has 0 amide bonds. The fourth-order valence-electron chi connectivity index (χ4n) is 5.45. The number of phenolic OH excluding ortho intramolecular Hbond substituents is 1. The van der Waals surface area contributed by atoms with E-state index in [9.17, 15) is 23.8 Å². The number of halogens is 2. The molecule has 11 heteroatoms. The van der Waals surface area contributed by atoms with Gasteiger partial charge in [0.1, 0.15) is 45.3 Å². The van der Waals surface area contributed by atoms with E-state index in [1.54, 1.807) is 23.7 Å². The van der Waals surface area contributed by atoms with Gasteiger partial charge in [-0.25, -0.2) is 13.6 Å². The van der Waals surface area contributed by atoms with E-state index in [1.807, 2.05) is 18.4 Å². The molecule has 0 fully saturated rings. The summed E-state index contributed by atoms with van der Waals surface area (Å²) in [6.45, 7) is 4.07. The number of aryl methyl sites for hydroxylation is 1. The van der Waals surface area contributed by atoms with Crippen LogP contribution < -0.4 is 4.74 Å². The van der Waals surface area contributed by atoms with E-state index in [1.165, 1.54) is 43.8 Å². The maximum absolute atomic E-state index is 14.9. The minimum Gasteiger partial charge on any atom is -0.507 e. The number of fused-ring (bicyclic) bond motifs is 1. The normalized spacial score (nSPS) is 15.6. The molecule has 0 spiro atoms. The number of aromatic carboxylic acids is 1. The Morgan fingerprint density at radius 3 is 2.63 bits per heavy atom. The van der Waals surface area contributed by atoms with Crippen LogP contribution in [0.2, 0.25) is 0 Å². The Hall–Kier alpha value is -4.09. The van der Waals surface area contributed by atoms with E-state index in [0.29, 0.717) is 40.6 Å². The smallest absolute Gasteiger partial charge is 0.339 e. The largest absolute Gasteiger partial charge is 0.507 e. The van der Waals surface area contributed by atoms with Crippen LogP contribution in [0.1, 0.15) is 47.7 Å². The molecule has 0 radical (unpaired) electrons. The molecule has 1 atom stereocenters. The Kier molecular flexibility index (Phi) is 7.67. The molecular weight excluding hydrogens is 552 g/mol. The zero-order valence-electron chi connectivity index (χ0n) is 22.9. The average molecular weight is 582 g/mol. The zero-order valence-corrected chi connectivity index (χ0v) is 23.8. The second-order valence-corrected chi connectivity index (χ2v) is 11.4. The lowest BCUT2D eigenvalue weighted by atomic mass is 9.80. The second-order valence-electron chi connectivity index (χ2n) is 10.5. The predicted octanol–water partition coefficient (Wildman–Crippen LogP) is 6.73. The van der Waals surface area contributed by atoms with Gasteiger partial charge in [-0.2, -0.15) is 0 Å². The standard InChI is InChI=1S/C30H29F2N3O5S/c1-30(2,10-9-25-34-33-15-41-25)28-26(16-5-7-19(29(37)38)23(11-16)39-3)27-21(12-17(31)13-22(27)36)35(28)18-6-8-20(32)24(14-18)40-4/h5-8,11-13,15,24,36H,9-10,14H2,1-4H3,(H,37,38). The van der Waals surface area contributed by atoms with Crippen molar-refractivity contribution >= 4 is 33.9 Å². The van der Waals surface area contributed by atoms with Crippen molar-refractivity contribution in [3.63, 3.8) is 0 Å². The minimum absolute atomic E-state index is 0.0223. The molecule has 2 N–H and O–H groups in total. The number of ether oxygens (including phenoxy) is 2. The minimum atomic E-state index is -1.15. The van der Waals surface area contributed by atoms with Gasteiger partial charge in [-0.1, -0.05) is 19.9 Å². The highest BCUT2D eigenvalue weighted by molar-refractivity contribution is 7.09. The third-order valence-corrected chi connectivity index (χ3v) is 8.21. The lowest BCUT2D eigenvalue weighted by Gasteiger charge is -2.31. The van der Waals surface area contributed by atoms with Crippen molar-refractivity contribution in [1.29, 1.82) is 0 Å². The van der Waals surface area contributed by atoms with Crippen LogP contribution in [0.5, 0.6) is 11.5 Å². The molecule has 4 aromatic rings. The Morgan fingerprint density at radius 2 is 1.98 bits per heavy atom. The number of carboxylic acids is 1. The molecular formula is C30H29F2N3O5S. The summed E-state index contributed by atoms with van der Waals surface area (Å²) in [6.07, 6.45) is 3.51. The number of rotatable bonds is 9. The first-order chi connectivity index (χ1) is 19.6. The number of carbonyl (C=O) groups is 1. The summed E-state index contributed by atoms with van der Waals surface area (Å²) in [4.78, 5) is 11.8. The molecule has 0 saturated heterocycles. The number of aromatic hydroxyl groups is 1. The fraction of sp³-hybridized carbons (Fsp3) is 0.300. The summed E-state index contributed by atoms with van der Waals surface area (Å²) in [7, 11) is 2.81. The average Bonchev–Trinajstić information content (AvgIpc) is 3.58. The van der Waals surface area contributed by atoms with Crippen LogP contribution in [-0.4, -0.2) is 51.3 Å². The number of benzene rings is 2. The van der Waals surface area contributed by atoms with Crippen molar-refractivity contribution < 1.29 is 33.3 Å². The molecule has 0 bridgehead atoms. The highest BCUT2D eigenvalue weighted by Crippen LogP contribution is 2.49. The Morgan fingerprint density at radius 1 is 1.20 bits per heavy atom. The van der Waals surface area contributed by atoms with Crippen LogP contribution in [0, 0.1) is 5.82 Å². The number of phenols is 1. The van der Waals surface area contributed by atoms with Gasteiger partial charge in [-0.05, 0) is 42.3 Å². The molecule has 2 heterocycles. The molecule has 214 valence electrons. The highest BCUT2D eigenvalue weighted by Gasteiger charge is 2.35. The van der Waals surface area contributed by atoms with Crippen LogP contribution in [0.3, 0.4) is 0 Å². The molecule has 8 nitrogen and oxygen atoms in total. The summed E-state index contributed by atoms with van der Waals surface area (Å²) in [5, 5.41) is 30.2.